The van der Waals surface area contributed by atoms with Crippen LogP contribution in [0.1, 0.15) is 30.3 Å². The van der Waals surface area contributed by atoms with E-state index in [-0.39, 0.29) is 6.61 Å². The van der Waals surface area contributed by atoms with Gasteiger partial charge in [0.05, 0.1) is 13.7 Å². The number of H-pyrrole nitrogens is 1. The first kappa shape index (κ1) is 21.5. The minimum absolute atomic E-state index is 0.247. The normalized spacial score (nSPS) is 10.8. The molecule has 0 saturated heterocycles. The lowest BCUT2D eigenvalue weighted by Crippen LogP contribution is -2.17. The molecule has 0 radical (unpaired) electrons. The van der Waals surface area contributed by atoms with E-state index in [2.05, 4.69) is 22.5 Å². The van der Waals surface area contributed by atoms with Gasteiger partial charge in [0.15, 0.2) is 17.3 Å². The van der Waals surface area contributed by atoms with Crippen LogP contribution in [0.4, 0.5) is 0 Å². The van der Waals surface area contributed by atoms with Crippen LogP contribution in [0, 0.1) is 4.77 Å². The highest BCUT2D eigenvalue weighted by Gasteiger charge is 2.11. The molecule has 1 aromatic heterocycles. The number of hydrogen-bond acceptors (Lipinski definition) is 5. The van der Waals surface area contributed by atoms with Crippen molar-refractivity contribution in [2.75, 3.05) is 12.5 Å². The van der Waals surface area contributed by atoms with E-state index in [1.54, 1.807) is 30.0 Å². The van der Waals surface area contributed by atoms with E-state index in [0.717, 1.165) is 29.8 Å². The van der Waals surface area contributed by atoms with Crippen molar-refractivity contribution >= 4 is 35.4 Å². The summed E-state index contributed by atoms with van der Waals surface area (Å²) in [6, 6.07) is 11.1. The Kier molecular flexibility index (Phi) is 7.41. The predicted molar refractivity (Wildman–Crippen MR) is 118 cm³/mol. The van der Waals surface area contributed by atoms with Crippen molar-refractivity contribution < 1.29 is 9.47 Å². The van der Waals surface area contributed by atoms with E-state index in [0.29, 0.717) is 32.9 Å². The SMILES string of the molecule is CCCc1n[nH]c(=S)n1NCc1ccc(OCc2c(Cl)cccc2Cl)c(OC)c1. The molecule has 0 aliphatic heterocycles. The first-order chi connectivity index (χ1) is 14.0. The van der Waals surface area contributed by atoms with Gasteiger partial charge < -0.3 is 14.9 Å². The van der Waals surface area contributed by atoms with Crippen molar-refractivity contribution in [3.63, 3.8) is 0 Å². The first-order valence-electron chi connectivity index (χ1n) is 9.16. The zero-order valence-electron chi connectivity index (χ0n) is 16.2. The third-order valence-electron chi connectivity index (χ3n) is 4.32. The van der Waals surface area contributed by atoms with Gasteiger partial charge in [-0.05, 0) is 48.5 Å². The Balaban J connectivity index is 1.70. The van der Waals surface area contributed by atoms with Gasteiger partial charge in [-0.25, -0.2) is 4.68 Å². The highest BCUT2D eigenvalue weighted by atomic mass is 35.5. The van der Waals surface area contributed by atoms with Crippen LogP contribution in [0.5, 0.6) is 11.5 Å². The topological polar surface area (TPSA) is 64.1 Å². The van der Waals surface area contributed by atoms with E-state index in [1.807, 2.05) is 18.2 Å². The summed E-state index contributed by atoms with van der Waals surface area (Å²) in [5.74, 6) is 2.11. The molecule has 0 aliphatic rings. The number of hydrogen-bond donors (Lipinski definition) is 2. The summed E-state index contributed by atoms with van der Waals surface area (Å²) >= 11 is 17.7. The van der Waals surface area contributed by atoms with Crippen LogP contribution in [0.3, 0.4) is 0 Å². The second-order valence-corrected chi connectivity index (χ2v) is 7.54. The van der Waals surface area contributed by atoms with Crippen molar-refractivity contribution in [1.82, 2.24) is 14.9 Å². The molecule has 3 aromatic rings. The van der Waals surface area contributed by atoms with Gasteiger partial charge in [0.2, 0.25) is 4.77 Å². The van der Waals surface area contributed by atoms with Gasteiger partial charge in [-0.1, -0.05) is 42.3 Å². The molecule has 2 N–H and O–H groups in total. The molecular formula is C20H22Cl2N4O2S. The number of nitrogens with zero attached hydrogens (tertiary/aromatic N) is 2. The summed E-state index contributed by atoms with van der Waals surface area (Å²) in [4.78, 5) is 0. The average Bonchev–Trinajstić information content (AvgIpc) is 3.06. The van der Waals surface area contributed by atoms with Gasteiger partial charge in [-0.15, -0.1) is 0 Å². The van der Waals surface area contributed by atoms with Gasteiger partial charge in [-0.3, -0.25) is 5.10 Å². The van der Waals surface area contributed by atoms with E-state index >= 15 is 0 Å². The van der Waals surface area contributed by atoms with Crippen LogP contribution in [-0.2, 0) is 19.6 Å². The number of aryl methyl sites for hydroxylation is 1. The van der Waals surface area contributed by atoms with Crippen LogP contribution < -0.4 is 14.9 Å². The molecule has 0 atom stereocenters. The van der Waals surface area contributed by atoms with Gasteiger partial charge in [-0.2, -0.15) is 5.10 Å². The fourth-order valence-corrected chi connectivity index (χ4v) is 3.54. The third kappa shape index (κ3) is 5.23. The molecule has 2 aromatic carbocycles. The number of nitrogens with one attached hydrogen (secondary N) is 2. The molecule has 154 valence electrons. The molecule has 3 rings (SSSR count). The number of aromatic amines is 1. The number of rotatable bonds is 9. The van der Waals surface area contributed by atoms with E-state index in [9.17, 15) is 0 Å². The van der Waals surface area contributed by atoms with E-state index in [4.69, 9.17) is 44.9 Å². The summed E-state index contributed by atoms with van der Waals surface area (Å²) in [5, 5.41) is 8.20. The molecule has 0 fully saturated rings. The summed E-state index contributed by atoms with van der Waals surface area (Å²) < 4.78 is 13.7. The lowest BCUT2D eigenvalue weighted by Gasteiger charge is -2.15. The van der Waals surface area contributed by atoms with Crippen molar-refractivity contribution in [2.45, 2.75) is 32.9 Å². The molecule has 0 saturated carbocycles. The Morgan fingerprint density at radius 2 is 1.93 bits per heavy atom. The summed E-state index contributed by atoms with van der Waals surface area (Å²) in [7, 11) is 1.60. The average molecular weight is 453 g/mol. The fourth-order valence-electron chi connectivity index (χ4n) is 2.82. The maximum Gasteiger partial charge on any atom is 0.214 e. The summed E-state index contributed by atoms with van der Waals surface area (Å²) in [5.41, 5.74) is 5.04. The minimum Gasteiger partial charge on any atom is -0.493 e. The zero-order chi connectivity index (χ0) is 20.8. The largest absolute Gasteiger partial charge is 0.493 e. The molecule has 0 bridgehead atoms. The van der Waals surface area contributed by atoms with Gasteiger partial charge in [0, 0.05) is 22.0 Å². The molecule has 29 heavy (non-hydrogen) atoms. The Morgan fingerprint density at radius 3 is 2.62 bits per heavy atom. The van der Waals surface area contributed by atoms with Crippen molar-refractivity contribution in [3.8, 4) is 11.5 Å². The molecule has 0 amide bonds. The smallest absolute Gasteiger partial charge is 0.214 e. The number of benzene rings is 2. The van der Waals surface area contributed by atoms with Crippen LogP contribution in [0.2, 0.25) is 10.0 Å². The first-order valence-corrected chi connectivity index (χ1v) is 10.3. The van der Waals surface area contributed by atoms with Crippen molar-refractivity contribution in [1.29, 1.82) is 0 Å². The van der Waals surface area contributed by atoms with Crippen molar-refractivity contribution in [2.24, 2.45) is 0 Å². The molecule has 1 heterocycles. The summed E-state index contributed by atoms with van der Waals surface area (Å²) in [6.45, 7) is 2.90. The number of ether oxygens (including phenoxy) is 2. The maximum absolute atomic E-state index is 6.21. The Labute approximate surface area is 184 Å². The van der Waals surface area contributed by atoms with Crippen molar-refractivity contribution in [3.05, 3.63) is 68.2 Å². The number of methoxy groups -OCH3 is 1. The second-order valence-electron chi connectivity index (χ2n) is 6.34. The molecule has 9 heteroatoms. The molecule has 0 spiro atoms. The second kappa shape index (κ2) is 10.0. The third-order valence-corrected chi connectivity index (χ3v) is 5.30. The maximum atomic E-state index is 6.21. The number of halogens is 2. The van der Waals surface area contributed by atoms with E-state index in [1.165, 1.54) is 0 Å². The quantitative estimate of drug-likeness (QED) is 0.417. The molecule has 0 unspecified atom stereocenters. The predicted octanol–water partition coefficient (Wildman–Crippen LogP) is 5.53. The number of aromatic nitrogens is 3. The minimum atomic E-state index is 0.247. The molecule has 6 nitrogen and oxygen atoms in total. The van der Waals surface area contributed by atoms with Gasteiger partial charge in [0.25, 0.3) is 0 Å². The van der Waals surface area contributed by atoms with Crippen LogP contribution in [0.25, 0.3) is 0 Å². The standard InChI is InChI=1S/C20H22Cl2N4O2S/c1-3-5-19-24-25-20(29)26(19)23-11-13-8-9-17(18(10-13)27-2)28-12-14-15(21)6-4-7-16(14)22/h4,6-10,23H,3,5,11-12H2,1-2H3,(H,25,29). The lowest BCUT2D eigenvalue weighted by atomic mass is 10.2. The van der Waals surface area contributed by atoms with Gasteiger partial charge in [0.1, 0.15) is 6.61 Å². The molecular weight excluding hydrogens is 431 g/mol. The lowest BCUT2D eigenvalue weighted by molar-refractivity contribution is 0.284. The van der Waals surface area contributed by atoms with E-state index < -0.39 is 0 Å². The fraction of sp³-hybridized carbons (Fsp3) is 0.300. The van der Waals surface area contributed by atoms with Crippen LogP contribution in [0.15, 0.2) is 36.4 Å². The molecule has 0 aliphatic carbocycles. The Bertz CT molecular complexity index is 1020. The summed E-state index contributed by atoms with van der Waals surface area (Å²) in [6.07, 6.45) is 1.82. The zero-order valence-corrected chi connectivity index (χ0v) is 18.5. The Hall–Kier alpha value is -2.22. The van der Waals surface area contributed by atoms with Crippen LogP contribution >= 0.6 is 35.4 Å². The Morgan fingerprint density at radius 1 is 1.17 bits per heavy atom. The van der Waals surface area contributed by atoms with Crippen LogP contribution in [-0.4, -0.2) is 22.0 Å². The highest BCUT2D eigenvalue weighted by Crippen LogP contribution is 2.31. The highest BCUT2D eigenvalue weighted by molar-refractivity contribution is 7.71. The van der Waals surface area contributed by atoms with Gasteiger partial charge >= 0.3 is 0 Å². The monoisotopic (exact) mass is 452 g/mol.